The van der Waals surface area contributed by atoms with Crippen molar-refractivity contribution >= 4 is 33.0 Å². The van der Waals surface area contributed by atoms with Crippen LogP contribution in [-0.4, -0.2) is 38.3 Å². The van der Waals surface area contributed by atoms with Crippen molar-refractivity contribution in [2.24, 2.45) is 5.92 Å². The SMILES string of the molecule is Cc1ccc(S(=O)(=O)N2CCCCC2)cc1NC(=O)CNC(c1cccs1)C(C)C. The minimum Gasteiger partial charge on any atom is -0.325 e. The van der Waals surface area contributed by atoms with E-state index in [9.17, 15) is 13.2 Å². The number of hydrogen-bond donors (Lipinski definition) is 2. The molecule has 1 aliphatic heterocycles. The van der Waals surface area contributed by atoms with E-state index in [-0.39, 0.29) is 23.4 Å². The minimum absolute atomic E-state index is 0.0997. The molecule has 1 unspecified atom stereocenters. The van der Waals surface area contributed by atoms with Gasteiger partial charge in [-0.15, -0.1) is 11.3 Å². The van der Waals surface area contributed by atoms with Gasteiger partial charge in [0, 0.05) is 29.7 Å². The Labute approximate surface area is 183 Å². The predicted octanol–water partition coefficient (Wildman–Crippen LogP) is 4.16. The van der Waals surface area contributed by atoms with E-state index in [0.29, 0.717) is 24.7 Å². The second-order valence-electron chi connectivity index (χ2n) is 8.11. The molecule has 164 valence electrons. The molecule has 6 nitrogen and oxygen atoms in total. The van der Waals surface area contributed by atoms with E-state index in [2.05, 4.69) is 30.5 Å². The summed E-state index contributed by atoms with van der Waals surface area (Å²) in [4.78, 5) is 14.0. The van der Waals surface area contributed by atoms with E-state index in [1.54, 1.807) is 33.8 Å². The van der Waals surface area contributed by atoms with Gasteiger partial charge in [0.05, 0.1) is 11.4 Å². The molecular weight excluding hydrogens is 418 g/mol. The molecule has 2 aromatic rings. The smallest absolute Gasteiger partial charge is 0.243 e. The summed E-state index contributed by atoms with van der Waals surface area (Å²) >= 11 is 1.67. The predicted molar refractivity (Wildman–Crippen MR) is 122 cm³/mol. The van der Waals surface area contributed by atoms with Gasteiger partial charge in [0.2, 0.25) is 15.9 Å². The van der Waals surface area contributed by atoms with Crippen molar-refractivity contribution in [3.63, 3.8) is 0 Å². The zero-order valence-corrected chi connectivity index (χ0v) is 19.5. The van der Waals surface area contributed by atoms with Crippen LogP contribution in [0.25, 0.3) is 0 Å². The van der Waals surface area contributed by atoms with Crippen molar-refractivity contribution in [2.45, 2.75) is 51.0 Å². The van der Waals surface area contributed by atoms with Crippen LogP contribution in [0, 0.1) is 12.8 Å². The molecule has 0 saturated carbocycles. The lowest BCUT2D eigenvalue weighted by Gasteiger charge is -2.26. The molecule has 0 spiro atoms. The maximum absolute atomic E-state index is 13.0. The minimum atomic E-state index is -3.54. The summed E-state index contributed by atoms with van der Waals surface area (Å²) < 4.78 is 27.5. The molecule has 1 aliphatic rings. The van der Waals surface area contributed by atoms with Crippen molar-refractivity contribution in [3.05, 3.63) is 46.2 Å². The van der Waals surface area contributed by atoms with Crippen molar-refractivity contribution in [2.75, 3.05) is 25.0 Å². The molecule has 0 aliphatic carbocycles. The Balaban J connectivity index is 1.68. The number of nitrogens with zero attached hydrogens (tertiary/aromatic N) is 1. The fourth-order valence-electron chi connectivity index (χ4n) is 3.68. The molecule has 1 fully saturated rings. The average Bonchev–Trinajstić information content (AvgIpc) is 3.24. The molecule has 3 rings (SSSR count). The third-order valence-corrected chi connectivity index (χ3v) is 8.28. The summed E-state index contributed by atoms with van der Waals surface area (Å²) in [7, 11) is -3.54. The maximum atomic E-state index is 13.0. The van der Waals surface area contributed by atoms with E-state index in [0.717, 1.165) is 24.8 Å². The van der Waals surface area contributed by atoms with Crippen LogP contribution in [0.1, 0.15) is 49.6 Å². The van der Waals surface area contributed by atoms with Gasteiger partial charge >= 0.3 is 0 Å². The fraction of sp³-hybridized carbons (Fsp3) is 0.500. The Morgan fingerprint density at radius 2 is 1.90 bits per heavy atom. The van der Waals surface area contributed by atoms with Crippen LogP contribution in [0.2, 0.25) is 0 Å². The summed E-state index contributed by atoms with van der Waals surface area (Å²) in [6, 6.07) is 9.13. The first-order chi connectivity index (χ1) is 14.3. The summed E-state index contributed by atoms with van der Waals surface area (Å²) in [6.07, 6.45) is 2.85. The highest BCUT2D eigenvalue weighted by Crippen LogP contribution is 2.27. The number of rotatable bonds is 8. The number of thiophene rings is 1. The fourth-order valence-corrected chi connectivity index (χ4v) is 6.20. The molecule has 2 heterocycles. The molecule has 0 bridgehead atoms. The van der Waals surface area contributed by atoms with Gasteiger partial charge in [-0.05, 0) is 54.8 Å². The summed E-state index contributed by atoms with van der Waals surface area (Å²) in [5.41, 5.74) is 1.37. The lowest BCUT2D eigenvalue weighted by molar-refractivity contribution is -0.115. The Bertz CT molecular complexity index is 950. The lowest BCUT2D eigenvalue weighted by atomic mass is 10.0. The van der Waals surface area contributed by atoms with Gasteiger partial charge in [0.25, 0.3) is 0 Å². The quantitative estimate of drug-likeness (QED) is 0.634. The third-order valence-electron chi connectivity index (χ3n) is 5.43. The van der Waals surface area contributed by atoms with Gasteiger partial charge < -0.3 is 10.6 Å². The molecule has 30 heavy (non-hydrogen) atoms. The number of carbonyl (C=O) groups is 1. The molecule has 1 atom stereocenters. The first-order valence-corrected chi connectivity index (χ1v) is 12.8. The van der Waals surface area contributed by atoms with E-state index >= 15 is 0 Å². The van der Waals surface area contributed by atoms with Gasteiger partial charge in [0.15, 0.2) is 0 Å². The van der Waals surface area contributed by atoms with Gasteiger partial charge in [-0.3, -0.25) is 4.79 Å². The summed E-state index contributed by atoms with van der Waals surface area (Å²) in [5, 5.41) is 8.25. The van der Waals surface area contributed by atoms with Crippen LogP contribution < -0.4 is 10.6 Å². The van der Waals surface area contributed by atoms with Crippen LogP contribution in [0.15, 0.2) is 40.6 Å². The van der Waals surface area contributed by atoms with E-state index in [4.69, 9.17) is 0 Å². The highest BCUT2D eigenvalue weighted by molar-refractivity contribution is 7.89. The molecule has 1 aromatic carbocycles. The summed E-state index contributed by atoms with van der Waals surface area (Å²) in [6.45, 7) is 7.37. The lowest BCUT2D eigenvalue weighted by Crippen LogP contribution is -2.35. The standard InChI is InChI=1S/C22H31N3O3S2/c1-16(2)22(20-8-7-13-29-20)23-15-21(26)24-19-14-18(10-9-17(19)3)30(27,28)25-11-5-4-6-12-25/h7-10,13-14,16,22-23H,4-6,11-12,15H2,1-3H3,(H,24,26). The maximum Gasteiger partial charge on any atom is 0.243 e. The third kappa shape index (κ3) is 5.49. The monoisotopic (exact) mass is 449 g/mol. The number of hydrogen-bond acceptors (Lipinski definition) is 5. The zero-order chi connectivity index (χ0) is 21.7. The van der Waals surface area contributed by atoms with E-state index in [1.807, 2.05) is 18.4 Å². The molecule has 8 heteroatoms. The highest BCUT2D eigenvalue weighted by atomic mass is 32.2. The van der Waals surface area contributed by atoms with Crippen molar-refractivity contribution in [3.8, 4) is 0 Å². The largest absolute Gasteiger partial charge is 0.325 e. The molecular formula is C22H31N3O3S2. The molecule has 0 radical (unpaired) electrons. The number of piperidine rings is 1. The van der Waals surface area contributed by atoms with Crippen LogP contribution in [0.5, 0.6) is 0 Å². The van der Waals surface area contributed by atoms with Gasteiger partial charge in [0.1, 0.15) is 0 Å². The molecule has 1 amide bonds. The molecule has 1 saturated heterocycles. The average molecular weight is 450 g/mol. The second kappa shape index (κ2) is 10.0. The molecule has 1 aromatic heterocycles. The number of anilines is 1. The second-order valence-corrected chi connectivity index (χ2v) is 11.0. The topological polar surface area (TPSA) is 78.5 Å². The first kappa shape index (κ1) is 22.9. The zero-order valence-electron chi connectivity index (χ0n) is 17.8. The molecule has 2 N–H and O–H groups in total. The Morgan fingerprint density at radius 3 is 2.53 bits per heavy atom. The Kier molecular flexibility index (Phi) is 7.68. The van der Waals surface area contributed by atoms with Crippen LogP contribution >= 0.6 is 11.3 Å². The number of benzene rings is 1. The van der Waals surface area contributed by atoms with Crippen molar-refractivity contribution in [1.29, 1.82) is 0 Å². The van der Waals surface area contributed by atoms with Gasteiger partial charge in [-0.25, -0.2) is 8.42 Å². The van der Waals surface area contributed by atoms with Crippen molar-refractivity contribution < 1.29 is 13.2 Å². The Morgan fingerprint density at radius 1 is 1.17 bits per heavy atom. The number of sulfonamides is 1. The van der Waals surface area contributed by atoms with Gasteiger partial charge in [-0.2, -0.15) is 4.31 Å². The normalized spacial score (nSPS) is 16.5. The summed E-state index contributed by atoms with van der Waals surface area (Å²) in [5.74, 6) is 0.157. The van der Waals surface area contributed by atoms with Gasteiger partial charge in [-0.1, -0.05) is 32.4 Å². The number of amides is 1. The van der Waals surface area contributed by atoms with Crippen LogP contribution in [0.4, 0.5) is 5.69 Å². The first-order valence-electron chi connectivity index (χ1n) is 10.5. The number of carbonyl (C=O) groups excluding carboxylic acids is 1. The van der Waals surface area contributed by atoms with E-state index in [1.165, 1.54) is 4.88 Å². The number of nitrogens with one attached hydrogen (secondary N) is 2. The number of aryl methyl sites for hydroxylation is 1. The highest BCUT2D eigenvalue weighted by Gasteiger charge is 2.26. The van der Waals surface area contributed by atoms with E-state index < -0.39 is 10.0 Å². The Hall–Kier alpha value is -1.74. The van der Waals surface area contributed by atoms with Crippen molar-refractivity contribution in [1.82, 2.24) is 9.62 Å². The van der Waals surface area contributed by atoms with Crippen LogP contribution in [0.3, 0.4) is 0 Å². The van der Waals surface area contributed by atoms with Crippen LogP contribution in [-0.2, 0) is 14.8 Å².